The third-order valence-electron chi connectivity index (χ3n) is 2.07. The number of rotatable bonds is 1. The second kappa shape index (κ2) is 3.87. The van der Waals surface area contributed by atoms with Crippen LogP contribution in [0.25, 0.3) is 11.1 Å². The molecule has 0 unspecified atom stereocenters. The highest BCUT2D eigenvalue weighted by Crippen LogP contribution is 2.20. The van der Waals surface area contributed by atoms with Crippen LogP contribution in [0.15, 0.2) is 42.6 Å². The second-order valence-corrected chi connectivity index (χ2v) is 3.48. The van der Waals surface area contributed by atoms with Crippen molar-refractivity contribution in [2.75, 3.05) is 0 Å². The topological polar surface area (TPSA) is 24.1 Å². The molecule has 15 heavy (non-hydrogen) atoms. The van der Waals surface area contributed by atoms with Gasteiger partial charge in [0.1, 0.15) is 5.82 Å². The van der Waals surface area contributed by atoms with Gasteiger partial charge in [-0.1, -0.05) is 12.1 Å². The highest BCUT2D eigenvalue weighted by molar-refractivity contribution is 6.28. The summed E-state index contributed by atoms with van der Waals surface area (Å²) in [5, 5.41) is 9.36. The van der Waals surface area contributed by atoms with Crippen LogP contribution in [0.1, 0.15) is 0 Å². The lowest BCUT2D eigenvalue weighted by Crippen LogP contribution is -2.30. The minimum atomic E-state index is -0.280. The maximum absolute atomic E-state index is 12.7. The van der Waals surface area contributed by atoms with E-state index in [1.807, 2.05) is 0 Å². The molecule has 0 aliphatic carbocycles. The van der Waals surface area contributed by atoms with E-state index in [0.717, 1.165) is 15.9 Å². The molecule has 0 bridgehead atoms. The number of hydrogen-bond acceptors (Lipinski definition) is 1. The fourth-order valence-corrected chi connectivity index (χ4v) is 1.46. The van der Waals surface area contributed by atoms with E-state index in [9.17, 15) is 4.39 Å². The quantitative estimate of drug-likeness (QED) is 0.450. The van der Waals surface area contributed by atoms with E-state index in [0.29, 0.717) is 0 Å². The molecule has 1 N–H and O–H groups in total. The van der Waals surface area contributed by atoms with Crippen molar-refractivity contribution < 1.29 is 14.3 Å². The van der Waals surface area contributed by atoms with E-state index in [2.05, 4.69) is 0 Å². The van der Waals surface area contributed by atoms with Crippen molar-refractivity contribution in [1.29, 1.82) is 0 Å². The van der Waals surface area contributed by atoms with E-state index < -0.39 is 0 Å². The van der Waals surface area contributed by atoms with Crippen molar-refractivity contribution in [2.24, 2.45) is 0 Å². The Morgan fingerprint density at radius 1 is 1.07 bits per heavy atom. The summed E-state index contributed by atoms with van der Waals surface area (Å²) in [5.41, 5.74) is 1.67. The van der Waals surface area contributed by atoms with Crippen LogP contribution in [-0.4, -0.2) is 5.21 Å². The van der Waals surface area contributed by atoms with Crippen LogP contribution in [0.5, 0.6) is 0 Å². The van der Waals surface area contributed by atoms with Crippen LogP contribution >= 0.6 is 11.6 Å². The standard InChI is InChI=1S/C11H8ClFNO/c12-11-7-9(5-6-14(11)15)8-1-3-10(13)4-2-8/h1-7,15H/q+1. The summed E-state index contributed by atoms with van der Waals surface area (Å²) in [6, 6.07) is 9.37. The smallest absolute Gasteiger partial charge is 0.284 e. The molecule has 0 saturated heterocycles. The Balaban J connectivity index is 2.45. The maximum atomic E-state index is 12.7. The third-order valence-corrected chi connectivity index (χ3v) is 2.35. The third kappa shape index (κ3) is 2.07. The van der Waals surface area contributed by atoms with Crippen molar-refractivity contribution in [3.63, 3.8) is 0 Å². The summed E-state index contributed by atoms with van der Waals surface area (Å²) < 4.78 is 13.5. The molecule has 2 nitrogen and oxygen atoms in total. The number of benzene rings is 1. The summed E-state index contributed by atoms with van der Waals surface area (Å²) in [6.45, 7) is 0. The van der Waals surface area contributed by atoms with Gasteiger partial charge in [-0.25, -0.2) is 4.39 Å². The van der Waals surface area contributed by atoms with Gasteiger partial charge in [0, 0.05) is 16.9 Å². The van der Waals surface area contributed by atoms with Crippen LogP contribution in [0.2, 0.25) is 5.15 Å². The predicted molar refractivity (Wildman–Crippen MR) is 54.2 cm³/mol. The minimum Gasteiger partial charge on any atom is -0.284 e. The summed E-state index contributed by atoms with van der Waals surface area (Å²) in [7, 11) is 0. The molecule has 1 aromatic heterocycles. The molecule has 76 valence electrons. The fourth-order valence-electron chi connectivity index (χ4n) is 1.29. The van der Waals surface area contributed by atoms with Crippen LogP contribution in [-0.2, 0) is 0 Å². The molecule has 0 radical (unpaired) electrons. The van der Waals surface area contributed by atoms with Crippen LogP contribution in [0.3, 0.4) is 0 Å². The number of aromatic nitrogens is 1. The molecular weight excluding hydrogens is 217 g/mol. The lowest BCUT2D eigenvalue weighted by Gasteiger charge is -1.99. The first-order valence-corrected chi connectivity index (χ1v) is 4.71. The monoisotopic (exact) mass is 224 g/mol. The molecule has 0 fully saturated rings. The van der Waals surface area contributed by atoms with E-state index in [1.165, 1.54) is 18.3 Å². The maximum Gasteiger partial charge on any atom is 0.325 e. The summed E-state index contributed by atoms with van der Waals surface area (Å²) >= 11 is 5.73. The Labute approximate surface area is 91.1 Å². The van der Waals surface area contributed by atoms with Crippen molar-refractivity contribution in [3.8, 4) is 11.1 Å². The molecule has 2 rings (SSSR count). The molecular formula is C11H8ClFNO+. The second-order valence-electron chi connectivity index (χ2n) is 3.09. The summed E-state index contributed by atoms with van der Waals surface area (Å²) in [4.78, 5) is 0. The van der Waals surface area contributed by atoms with Crippen molar-refractivity contribution in [1.82, 2.24) is 0 Å². The Morgan fingerprint density at radius 2 is 1.73 bits per heavy atom. The Kier molecular flexibility index (Phi) is 2.56. The van der Waals surface area contributed by atoms with Gasteiger partial charge >= 0.3 is 5.15 Å². The zero-order valence-electron chi connectivity index (χ0n) is 7.69. The average Bonchev–Trinajstić information content (AvgIpc) is 2.23. The minimum absolute atomic E-state index is 0.205. The molecule has 4 heteroatoms. The predicted octanol–water partition coefficient (Wildman–Crippen LogP) is 2.67. The normalized spacial score (nSPS) is 10.3. The lowest BCUT2D eigenvalue weighted by molar-refractivity contribution is -0.903. The van der Waals surface area contributed by atoms with E-state index in [-0.39, 0.29) is 11.0 Å². The van der Waals surface area contributed by atoms with E-state index in [4.69, 9.17) is 16.8 Å². The number of hydrogen-bond donors (Lipinski definition) is 1. The lowest BCUT2D eigenvalue weighted by atomic mass is 10.1. The number of pyridine rings is 1. The van der Waals surface area contributed by atoms with Gasteiger partial charge in [-0.3, -0.25) is 5.21 Å². The first-order chi connectivity index (χ1) is 7.16. The van der Waals surface area contributed by atoms with E-state index in [1.54, 1.807) is 24.3 Å². The first-order valence-electron chi connectivity index (χ1n) is 4.33. The van der Waals surface area contributed by atoms with Gasteiger partial charge < -0.3 is 0 Å². The Hall–Kier alpha value is -1.61. The molecule has 1 aromatic carbocycles. The van der Waals surface area contributed by atoms with Gasteiger partial charge in [0.15, 0.2) is 0 Å². The molecule has 2 aromatic rings. The van der Waals surface area contributed by atoms with Gasteiger partial charge in [-0.15, -0.1) is 0 Å². The summed E-state index contributed by atoms with van der Waals surface area (Å²) in [6.07, 6.45) is 1.43. The van der Waals surface area contributed by atoms with E-state index >= 15 is 0 Å². The SMILES string of the molecule is O[n+]1ccc(-c2ccc(F)cc2)cc1Cl. The van der Waals surface area contributed by atoms with Crippen molar-refractivity contribution in [3.05, 3.63) is 53.6 Å². The van der Waals surface area contributed by atoms with Gasteiger partial charge in [0.05, 0.1) is 0 Å². The van der Waals surface area contributed by atoms with Crippen LogP contribution in [0.4, 0.5) is 4.39 Å². The molecule has 0 amide bonds. The van der Waals surface area contributed by atoms with Crippen molar-refractivity contribution in [2.45, 2.75) is 0 Å². The van der Waals surface area contributed by atoms with Gasteiger partial charge in [0.25, 0.3) is 0 Å². The zero-order chi connectivity index (χ0) is 10.8. The zero-order valence-corrected chi connectivity index (χ0v) is 8.45. The molecule has 0 atom stereocenters. The van der Waals surface area contributed by atoms with Crippen LogP contribution in [0, 0.1) is 5.82 Å². The van der Waals surface area contributed by atoms with Gasteiger partial charge in [0.2, 0.25) is 6.20 Å². The van der Waals surface area contributed by atoms with Crippen molar-refractivity contribution >= 4 is 11.6 Å². The number of nitrogens with zero attached hydrogens (tertiary/aromatic N) is 1. The van der Waals surface area contributed by atoms with Gasteiger partial charge in [-0.05, 0) is 34.9 Å². The Bertz CT molecular complexity index is 484. The Morgan fingerprint density at radius 3 is 2.33 bits per heavy atom. The molecule has 1 heterocycles. The highest BCUT2D eigenvalue weighted by Gasteiger charge is 2.08. The summed E-state index contributed by atoms with van der Waals surface area (Å²) in [5.74, 6) is -0.280. The fraction of sp³-hybridized carbons (Fsp3) is 0. The average molecular weight is 225 g/mol. The molecule has 0 spiro atoms. The highest BCUT2D eigenvalue weighted by atomic mass is 35.5. The van der Waals surface area contributed by atoms with Crippen LogP contribution < -0.4 is 4.73 Å². The molecule has 0 aliphatic rings. The molecule has 0 aliphatic heterocycles. The van der Waals surface area contributed by atoms with Gasteiger partial charge in [-0.2, -0.15) is 0 Å². The first kappa shape index (κ1) is 9.93. The number of halogens is 2. The molecule has 0 saturated carbocycles. The largest absolute Gasteiger partial charge is 0.325 e.